The number of ether oxygens (including phenoxy) is 2. The van der Waals surface area contributed by atoms with Crippen molar-refractivity contribution in [3.8, 4) is 0 Å². The molecule has 0 aromatic carbocycles. The lowest BCUT2D eigenvalue weighted by molar-refractivity contribution is -0.142. The van der Waals surface area contributed by atoms with Crippen LogP contribution in [0.2, 0.25) is 0 Å². The summed E-state index contributed by atoms with van der Waals surface area (Å²) >= 11 is 0. The topological polar surface area (TPSA) is 96.2 Å². The van der Waals surface area contributed by atoms with Crippen LogP contribution in [0.4, 0.5) is 0 Å². The Balaban J connectivity index is 0. The molecule has 0 aliphatic rings. The van der Waals surface area contributed by atoms with E-state index in [0.717, 1.165) is 12.8 Å². The van der Waals surface area contributed by atoms with Crippen LogP contribution in [-0.2, 0) is 14.3 Å². The second kappa shape index (κ2) is 16.7. The van der Waals surface area contributed by atoms with Crippen LogP contribution < -0.4 is 0 Å². The van der Waals surface area contributed by atoms with Crippen molar-refractivity contribution in [2.24, 2.45) is 0 Å². The number of carbonyl (C=O) groups excluding carboxylic acids is 1. The van der Waals surface area contributed by atoms with Gasteiger partial charge in [-0.2, -0.15) is 0 Å². The van der Waals surface area contributed by atoms with E-state index in [2.05, 4.69) is 4.74 Å². The van der Waals surface area contributed by atoms with Gasteiger partial charge >= 0.3 is 5.97 Å². The van der Waals surface area contributed by atoms with Crippen LogP contribution in [-0.4, -0.2) is 60.9 Å². The summed E-state index contributed by atoms with van der Waals surface area (Å²) in [7, 11) is 0. The maximum atomic E-state index is 10.1. The van der Waals surface area contributed by atoms with E-state index in [0.29, 0.717) is 13.2 Å². The third kappa shape index (κ3) is 23.3. The van der Waals surface area contributed by atoms with Gasteiger partial charge in [-0.1, -0.05) is 0 Å². The van der Waals surface area contributed by atoms with Gasteiger partial charge in [0, 0.05) is 20.1 Å². The normalized spacial score (nSPS) is 9.25. The van der Waals surface area contributed by atoms with Crippen LogP contribution in [0.5, 0.6) is 0 Å². The summed E-state index contributed by atoms with van der Waals surface area (Å²) < 4.78 is 9.35. The number of aliphatic hydroxyl groups is 3. The monoisotopic (exact) mass is 238 g/mol. The van der Waals surface area contributed by atoms with Crippen molar-refractivity contribution in [1.29, 1.82) is 0 Å². The van der Waals surface area contributed by atoms with Crippen molar-refractivity contribution in [3.05, 3.63) is 0 Å². The predicted octanol–water partition coefficient (Wildman–Crippen LogP) is -0.690. The van der Waals surface area contributed by atoms with Gasteiger partial charge < -0.3 is 24.8 Å². The summed E-state index contributed by atoms with van der Waals surface area (Å²) in [4.78, 5) is 10.1. The molecule has 0 unspecified atom stereocenters. The average molecular weight is 238 g/mol. The minimum absolute atomic E-state index is 0.0000709. The molecule has 0 saturated carbocycles. The first-order valence-electron chi connectivity index (χ1n) is 5.22. The number of aliphatic hydroxyl groups excluding tert-OH is 3. The molecule has 0 atom stereocenters. The van der Waals surface area contributed by atoms with E-state index in [9.17, 15) is 4.79 Å². The quantitative estimate of drug-likeness (QED) is 0.382. The summed E-state index contributed by atoms with van der Waals surface area (Å²) in [6, 6.07) is 0. The second-order valence-electron chi connectivity index (χ2n) is 2.83. The molecule has 0 aliphatic heterocycles. The Morgan fingerprint density at radius 3 is 1.88 bits per heavy atom. The Hall–Kier alpha value is -0.690. The largest absolute Gasteiger partial charge is 0.463 e. The number of unbranched alkanes of at least 4 members (excludes halogenated alkanes) is 1. The molecule has 6 nitrogen and oxygen atoms in total. The predicted molar refractivity (Wildman–Crippen MR) is 57.9 cm³/mol. The third-order valence-corrected chi connectivity index (χ3v) is 1.33. The average Bonchev–Trinajstić information content (AvgIpc) is 2.26. The van der Waals surface area contributed by atoms with Crippen molar-refractivity contribution in [2.75, 3.05) is 39.6 Å². The van der Waals surface area contributed by atoms with E-state index in [1.807, 2.05) is 0 Å². The number of carbonyl (C=O) groups is 1. The van der Waals surface area contributed by atoms with Gasteiger partial charge in [-0.25, -0.2) is 0 Å². The molecule has 0 fully saturated rings. The molecule has 3 N–H and O–H groups in total. The minimum Gasteiger partial charge on any atom is -0.463 e. The molecule has 0 amide bonds. The van der Waals surface area contributed by atoms with Crippen molar-refractivity contribution in [1.82, 2.24) is 0 Å². The van der Waals surface area contributed by atoms with E-state index in [-0.39, 0.29) is 32.4 Å². The number of esters is 1. The fraction of sp³-hybridized carbons (Fsp3) is 0.900. The number of hydrogen-bond donors (Lipinski definition) is 3. The summed E-state index contributed by atoms with van der Waals surface area (Å²) in [5.41, 5.74) is 0. The molecule has 0 radical (unpaired) electrons. The maximum Gasteiger partial charge on any atom is 0.302 e. The molecule has 6 heteroatoms. The van der Waals surface area contributed by atoms with Gasteiger partial charge in [0.15, 0.2) is 0 Å². The van der Waals surface area contributed by atoms with Crippen LogP contribution in [0.3, 0.4) is 0 Å². The van der Waals surface area contributed by atoms with Gasteiger partial charge in [0.25, 0.3) is 0 Å². The van der Waals surface area contributed by atoms with Gasteiger partial charge in [0.2, 0.25) is 0 Å². The molecule has 0 aromatic rings. The van der Waals surface area contributed by atoms with Gasteiger partial charge in [0.1, 0.15) is 6.61 Å². The lowest BCUT2D eigenvalue weighted by Crippen LogP contribution is -2.09. The Labute approximate surface area is 95.8 Å². The number of hydrogen-bond acceptors (Lipinski definition) is 6. The van der Waals surface area contributed by atoms with Gasteiger partial charge in [-0.15, -0.1) is 0 Å². The van der Waals surface area contributed by atoms with E-state index in [4.69, 9.17) is 20.1 Å². The highest BCUT2D eigenvalue weighted by atomic mass is 16.6. The summed E-state index contributed by atoms with van der Waals surface area (Å²) in [6.45, 7) is 2.63. The highest BCUT2D eigenvalue weighted by molar-refractivity contribution is 5.65. The molecule has 98 valence electrons. The maximum absolute atomic E-state index is 10.1. The smallest absolute Gasteiger partial charge is 0.302 e. The van der Waals surface area contributed by atoms with Crippen molar-refractivity contribution in [2.45, 2.75) is 19.8 Å². The Morgan fingerprint density at radius 2 is 1.50 bits per heavy atom. The van der Waals surface area contributed by atoms with Gasteiger partial charge in [-0.3, -0.25) is 4.79 Å². The standard InChI is InChI=1S/C6H12O4.C4H10O2/c1-6(8)10-5-4-9-3-2-7;5-3-1-2-4-6/h7H,2-5H2,1H3;5-6H,1-4H2. The first-order valence-corrected chi connectivity index (χ1v) is 5.22. The van der Waals surface area contributed by atoms with E-state index in [1.165, 1.54) is 6.92 Å². The van der Waals surface area contributed by atoms with Crippen molar-refractivity contribution in [3.63, 3.8) is 0 Å². The lowest BCUT2D eigenvalue weighted by atomic mass is 10.3. The van der Waals surface area contributed by atoms with Crippen molar-refractivity contribution < 1.29 is 29.6 Å². The molecule has 0 heterocycles. The van der Waals surface area contributed by atoms with Crippen molar-refractivity contribution >= 4 is 5.97 Å². The van der Waals surface area contributed by atoms with Crippen LogP contribution >= 0.6 is 0 Å². The van der Waals surface area contributed by atoms with Gasteiger partial charge in [-0.05, 0) is 12.8 Å². The molecular weight excluding hydrogens is 216 g/mol. The Morgan fingerprint density at radius 1 is 0.938 bits per heavy atom. The Kier molecular flexibility index (Phi) is 18.5. The zero-order chi connectivity index (χ0) is 12.6. The zero-order valence-electron chi connectivity index (χ0n) is 9.72. The molecule has 0 aromatic heterocycles. The highest BCUT2D eigenvalue weighted by Crippen LogP contribution is 1.80. The molecule has 16 heavy (non-hydrogen) atoms. The highest BCUT2D eigenvalue weighted by Gasteiger charge is 1.90. The Bertz CT molecular complexity index is 135. The fourth-order valence-electron chi connectivity index (χ4n) is 0.635. The SMILES string of the molecule is CC(=O)OCCOCCO.OCCCCO. The second-order valence-corrected chi connectivity index (χ2v) is 2.83. The third-order valence-electron chi connectivity index (χ3n) is 1.33. The van der Waals surface area contributed by atoms with Crippen LogP contribution in [0.15, 0.2) is 0 Å². The van der Waals surface area contributed by atoms with Gasteiger partial charge in [0.05, 0.1) is 19.8 Å². The molecule has 0 rings (SSSR count). The van der Waals surface area contributed by atoms with Crippen LogP contribution in [0.1, 0.15) is 19.8 Å². The summed E-state index contributed by atoms with van der Waals surface area (Å²) in [6.07, 6.45) is 1.44. The van der Waals surface area contributed by atoms with Crippen LogP contribution in [0, 0.1) is 0 Å². The van der Waals surface area contributed by atoms with E-state index in [1.54, 1.807) is 0 Å². The molecule has 0 bridgehead atoms. The lowest BCUT2D eigenvalue weighted by Gasteiger charge is -2.01. The molecule has 0 spiro atoms. The molecular formula is C10H22O6. The fourth-order valence-corrected chi connectivity index (χ4v) is 0.635. The number of rotatable bonds is 8. The first-order chi connectivity index (χ1) is 7.68. The van der Waals surface area contributed by atoms with E-state index >= 15 is 0 Å². The summed E-state index contributed by atoms with van der Waals surface area (Å²) in [5, 5.41) is 24.4. The first kappa shape index (κ1) is 17.7. The molecule has 0 aliphatic carbocycles. The van der Waals surface area contributed by atoms with E-state index < -0.39 is 0 Å². The van der Waals surface area contributed by atoms with Crippen LogP contribution in [0.25, 0.3) is 0 Å². The minimum atomic E-state index is -0.312. The zero-order valence-corrected chi connectivity index (χ0v) is 9.72. The summed E-state index contributed by atoms with van der Waals surface area (Å²) in [5.74, 6) is -0.312. The molecule has 0 saturated heterocycles.